The zero-order chi connectivity index (χ0) is 12.8. The number of rotatable bonds is 5. The van der Waals surface area contributed by atoms with Crippen LogP contribution in [-0.2, 0) is 17.8 Å². The molecule has 2 nitrogen and oxygen atoms in total. The van der Waals surface area contributed by atoms with E-state index in [-0.39, 0.29) is 0 Å². The van der Waals surface area contributed by atoms with E-state index >= 15 is 0 Å². The van der Waals surface area contributed by atoms with Crippen molar-refractivity contribution in [1.29, 1.82) is 0 Å². The summed E-state index contributed by atoms with van der Waals surface area (Å²) in [5.41, 5.74) is 3.38. The summed E-state index contributed by atoms with van der Waals surface area (Å²) in [5.74, 6) is 0. The summed E-state index contributed by atoms with van der Waals surface area (Å²) in [5, 5.41) is 9.81. The van der Waals surface area contributed by atoms with Crippen LogP contribution in [0.1, 0.15) is 16.7 Å². The molecule has 0 fully saturated rings. The Morgan fingerprint density at radius 2 is 1.61 bits per heavy atom. The first-order valence-corrected chi connectivity index (χ1v) is 6.13. The van der Waals surface area contributed by atoms with Crippen LogP contribution in [0.5, 0.6) is 0 Å². The van der Waals surface area contributed by atoms with E-state index in [1.165, 1.54) is 5.56 Å². The quantitative estimate of drug-likeness (QED) is 0.816. The van der Waals surface area contributed by atoms with Crippen LogP contribution in [0.2, 0.25) is 0 Å². The summed E-state index contributed by atoms with van der Waals surface area (Å²) in [4.78, 5) is 0. The van der Waals surface area contributed by atoms with E-state index < -0.39 is 6.29 Å². The molecule has 18 heavy (non-hydrogen) atoms. The summed E-state index contributed by atoms with van der Waals surface area (Å²) in [6.07, 6.45) is -0.236. The van der Waals surface area contributed by atoms with E-state index in [2.05, 4.69) is 0 Å². The molecular weight excluding hydrogens is 224 g/mol. The summed E-state index contributed by atoms with van der Waals surface area (Å²) in [6, 6.07) is 18.0. The normalized spacial score (nSPS) is 12.3. The lowest BCUT2D eigenvalue weighted by molar-refractivity contribution is -0.106. The van der Waals surface area contributed by atoms with Crippen LogP contribution in [0.15, 0.2) is 54.6 Å². The van der Waals surface area contributed by atoms with E-state index in [0.29, 0.717) is 13.0 Å². The molecule has 2 rings (SSSR count). The lowest BCUT2D eigenvalue weighted by Gasteiger charge is -2.12. The van der Waals surface area contributed by atoms with Crippen molar-refractivity contribution in [2.75, 3.05) is 0 Å². The first kappa shape index (κ1) is 12.8. The molecule has 2 aromatic rings. The number of hydrogen-bond acceptors (Lipinski definition) is 2. The molecule has 1 atom stereocenters. The lowest BCUT2D eigenvalue weighted by atomic mass is 10.1. The molecule has 0 aliphatic heterocycles. The van der Waals surface area contributed by atoms with Crippen molar-refractivity contribution in [3.05, 3.63) is 71.3 Å². The SMILES string of the molecule is Cc1ccc(C[C@H](O)OCc2ccccc2)cc1. The van der Waals surface area contributed by atoms with Gasteiger partial charge in [-0.15, -0.1) is 0 Å². The van der Waals surface area contributed by atoms with Crippen molar-refractivity contribution in [3.63, 3.8) is 0 Å². The van der Waals surface area contributed by atoms with E-state index in [0.717, 1.165) is 11.1 Å². The van der Waals surface area contributed by atoms with Gasteiger partial charge in [-0.3, -0.25) is 0 Å². The molecule has 2 aromatic carbocycles. The van der Waals surface area contributed by atoms with Gasteiger partial charge in [0.15, 0.2) is 6.29 Å². The van der Waals surface area contributed by atoms with Crippen molar-refractivity contribution in [1.82, 2.24) is 0 Å². The number of aliphatic hydroxyl groups is 1. The topological polar surface area (TPSA) is 29.5 Å². The van der Waals surface area contributed by atoms with Crippen LogP contribution in [0.4, 0.5) is 0 Å². The Labute approximate surface area is 108 Å². The van der Waals surface area contributed by atoms with Crippen LogP contribution in [0.3, 0.4) is 0 Å². The Morgan fingerprint density at radius 1 is 0.944 bits per heavy atom. The zero-order valence-corrected chi connectivity index (χ0v) is 10.5. The van der Waals surface area contributed by atoms with Crippen LogP contribution >= 0.6 is 0 Å². The van der Waals surface area contributed by atoms with E-state index in [4.69, 9.17) is 4.74 Å². The maximum atomic E-state index is 9.81. The molecule has 0 radical (unpaired) electrons. The predicted octanol–water partition coefficient (Wildman–Crippen LogP) is 3.07. The highest BCUT2D eigenvalue weighted by Gasteiger charge is 2.05. The second kappa shape index (κ2) is 6.34. The van der Waals surface area contributed by atoms with Gasteiger partial charge in [0.25, 0.3) is 0 Å². The highest BCUT2D eigenvalue weighted by atomic mass is 16.6. The summed E-state index contributed by atoms with van der Waals surface area (Å²) >= 11 is 0. The third-order valence-electron chi connectivity index (χ3n) is 2.82. The third-order valence-corrected chi connectivity index (χ3v) is 2.82. The maximum absolute atomic E-state index is 9.81. The van der Waals surface area contributed by atoms with Gasteiger partial charge >= 0.3 is 0 Å². The van der Waals surface area contributed by atoms with Crippen LogP contribution in [-0.4, -0.2) is 11.4 Å². The Kier molecular flexibility index (Phi) is 4.51. The Balaban J connectivity index is 1.82. The van der Waals surface area contributed by atoms with Gasteiger partial charge in [-0.25, -0.2) is 0 Å². The number of hydrogen-bond donors (Lipinski definition) is 1. The first-order valence-electron chi connectivity index (χ1n) is 6.13. The summed E-state index contributed by atoms with van der Waals surface area (Å²) in [6.45, 7) is 2.49. The molecule has 0 spiro atoms. The van der Waals surface area contributed by atoms with Crippen molar-refractivity contribution >= 4 is 0 Å². The number of aliphatic hydroxyl groups excluding tert-OH is 1. The van der Waals surface area contributed by atoms with Gasteiger partial charge in [0.2, 0.25) is 0 Å². The molecule has 94 valence electrons. The molecule has 2 heteroatoms. The van der Waals surface area contributed by atoms with Crippen LogP contribution < -0.4 is 0 Å². The fourth-order valence-electron chi connectivity index (χ4n) is 1.75. The van der Waals surface area contributed by atoms with Crippen molar-refractivity contribution < 1.29 is 9.84 Å². The van der Waals surface area contributed by atoms with Crippen molar-refractivity contribution in [2.45, 2.75) is 26.2 Å². The molecule has 0 aromatic heterocycles. The number of ether oxygens (including phenoxy) is 1. The zero-order valence-electron chi connectivity index (χ0n) is 10.5. The van der Waals surface area contributed by atoms with Gasteiger partial charge in [-0.1, -0.05) is 60.2 Å². The number of aryl methyl sites for hydroxylation is 1. The van der Waals surface area contributed by atoms with Gasteiger partial charge in [0, 0.05) is 6.42 Å². The molecule has 1 N–H and O–H groups in total. The largest absolute Gasteiger partial charge is 0.368 e. The summed E-state index contributed by atoms with van der Waals surface area (Å²) in [7, 11) is 0. The second-order valence-electron chi connectivity index (χ2n) is 4.44. The van der Waals surface area contributed by atoms with E-state index in [1.807, 2.05) is 61.5 Å². The third kappa shape index (κ3) is 3.99. The molecular formula is C16H18O2. The standard InChI is InChI=1S/C16H18O2/c1-13-7-9-14(10-8-13)11-16(17)18-12-15-5-3-2-4-6-15/h2-10,16-17H,11-12H2,1H3/t16-/m1/s1. The lowest BCUT2D eigenvalue weighted by Crippen LogP contribution is -2.14. The van der Waals surface area contributed by atoms with Gasteiger partial charge < -0.3 is 9.84 Å². The second-order valence-corrected chi connectivity index (χ2v) is 4.44. The highest BCUT2D eigenvalue weighted by Crippen LogP contribution is 2.09. The van der Waals surface area contributed by atoms with Gasteiger partial charge in [0.1, 0.15) is 0 Å². The molecule has 0 saturated carbocycles. The average molecular weight is 242 g/mol. The summed E-state index contributed by atoms with van der Waals surface area (Å²) < 4.78 is 5.42. The Hall–Kier alpha value is -1.64. The Morgan fingerprint density at radius 3 is 2.28 bits per heavy atom. The average Bonchev–Trinajstić information content (AvgIpc) is 2.40. The van der Waals surface area contributed by atoms with Gasteiger partial charge in [-0.05, 0) is 18.1 Å². The van der Waals surface area contributed by atoms with Crippen molar-refractivity contribution in [2.24, 2.45) is 0 Å². The van der Waals surface area contributed by atoms with E-state index in [9.17, 15) is 5.11 Å². The van der Waals surface area contributed by atoms with Gasteiger partial charge in [0.05, 0.1) is 6.61 Å². The molecule has 0 heterocycles. The minimum absolute atomic E-state index is 0.438. The number of benzene rings is 2. The van der Waals surface area contributed by atoms with Crippen molar-refractivity contribution in [3.8, 4) is 0 Å². The van der Waals surface area contributed by atoms with Crippen LogP contribution in [0, 0.1) is 6.92 Å². The van der Waals surface area contributed by atoms with E-state index in [1.54, 1.807) is 0 Å². The Bertz CT molecular complexity index is 462. The fourth-order valence-corrected chi connectivity index (χ4v) is 1.75. The molecule has 0 aliphatic carbocycles. The molecule has 0 aliphatic rings. The fraction of sp³-hybridized carbons (Fsp3) is 0.250. The minimum Gasteiger partial charge on any atom is -0.368 e. The molecule has 0 amide bonds. The van der Waals surface area contributed by atoms with Crippen LogP contribution in [0.25, 0.3) is 0 Å². The molecule has 0 unspecified atom stereocenters. The minimum atomic E-state index is -0.757. The maximum Gasteiger partial charge on any atom is 0.159 e. The molecule has 0 saturated heterocycles. The smallest absolute Gasteiger partial charge is 0.159 e. The molecule has 0 bridgehead atoms. The monoisotopic (exact) mass is 242 g/mol. The predicted molar refractivity (Wildman–Crippen MR) is 72.1 cm³/mol. The van der Waals surface area contributed by atoms with Gasteiger partial charge in [-0.2, -0.15) is 0 Å². The first-order chi connectivity index (χ1) is 8.74. The highest BCUT2D eigenvalue weighted by molar-refractivity contribution is 5.21.